The monoisotopic (exact) mass is 349 g/mol. The molecule has 0 heterocycles. The van der Waals surface area contributed by atoms with Gasteiger partial charge in [-0.15, -0.1) is 10.3 Å². The van der Waals surface area contributed by atoms with E-state index in [4.69, 9.17) is 4.18 Å². The summed E-state index contributed by atoms with van der Waals surface area (Å²) in [5, 5.41) is 3.20. The molecule has 0 saturated carbocycles. The fraction of sp³-hybridized carbons (Fsp3) is 0.600. The minimum Gasteiger partial charge on any atom is -0.387 e. The number of allylic oxidation sites excluding steroid dienone is 2. The summed E-state index contributed by atoms with van der Waals surface area (Å²) < 4.78 is 7.38. The minimum atomic E-state index is -1.12. The Morgan fingerprint density at radius 3 is 2.21 bits per heavy atom. The van der Waals surface area contributed by atoms with Gasteiger partial charge >= 0.3 is 0 Å². The van der Waals surface area contributed by atoms with Crippen molar-refractivity contribution >= 4 is 26.2 Å². The number of likely N-dealkylation sites (N-methyl/N-ethyl adjacent to an activating group) is 1. The fourth-order valence-electron chi connectivity index (χ4n) is 1.20. The predicted molar refractivity (Wildman–Crippen MR) is 94.1 cm³/mol. The van der Waals surface area contributed by atoms with Gasteiger partial charge in [0.2, 0.25) is 0 Å². The van der Waals surface area contributed by atoms with Crippen molar-refractivity contribution in [2.24, 2.45) is 0 Å². The quantitative estimate of drug-likeness (QED) is 0.699. The molecule has 0 saturated heterocycles. The van der Waals surface area contributed by atoms with Gasteiger partial charge in [0.25, 0.3) is 0 Å². The minimum absolute atomic E-state index is 0.164. The first-order valence-electron chi connectivity index (χ1n) is 6.33. The Hall–Kier alpha value is -0.190. The van der Waals surface area contributed by atoms with Crippen LogP contribution in [0.3, 0.4) is 0 Å². The number of nitrogens with one attached hydrogen (secondary N) is 1. The van der Waals surface area contributed by atoms with Gasteiger partial charge in [0.1, 0.15) is 0 Å². The summed E-state index contributed by atoms with van der Waals surface area (Å²) in [7, 11) is 0.787. The Bertz CT molecular complexity index is 378. The van der Waals surface area contributed by atoms with E-state index < -0.39 is 10.3 Å². The molecule has 0 amide bonds. The normalized spacial score (nSPS) is 15.9. The van der Waals surface area contributed by atoms with Crippen LogP contribution in [0.15, 0.2) is 34.5 Å². The van der Waals surface area contributed by atoms with Crippen molar-refractivity contribution in [2.75, 3.05) is 26.2 Å². The molecular weight excluding hydrogens is 322 g/mol. The van der Waals surface area contributed by atoms with Crippen LogP contribution in [0.5, 0.6) is 0 Å². The molecule has 0 bridgehead atoms. The highest BCUT2D eigenvalue weighted by atomic mass is 79.9. The van der Waals surface area contributed by atoms with Gasteiger partial charge in [-0.1, -0.05) is 39.5 Å². The molecule has 0 atom stereocenters. The van der Waals surface area contributed by atoms with E-state index in [9.17, 15) is 0 Å². The van der Waals surface area contributed by atoms with Crippen LogP contribution in [0.4, 0.5) is 0 Å². The lowest BCUT2D eigenvalue weighted by atomic mass is 10.2. The van der Waals surface area contributed by atoms with E-state index in [0.29, 0.717) is 6.61 Å². The summed E-state index contributed by atoms with van der Waals surface area (Å²) in [5.74, 6) is 0. The summed E-state index contributed by atoms with van der Waals surface area (Å²) in [6, 6.07) is 0. The molecule has 19 heavy (non-hydrogen) atoms. The number of halogens is 1. The average Bonchev–Trinajstić information content (AvgIpc) is 2.32. The highest BCUT2D eigenvalue weighted by Gasteiger charge is 2.29. The predicted octanol–water partition coefficient (Wildman–Crippen LogP) is 4.74. The van der Waals surface area contributed by atoms with Gasteiger partial charge in [0.05, 0.1) is 12.3 Å². The zero-order valence-electron chi connectivity index (χ0n) is 13.3. The summed E-state index contributed by atoms with van der Waals surface area (Å²) >= 11 is 3.55. The first kappa shape index (κ1) is 18.8. The van der Waals surface area contributed by atoms with Crippen molar-refractivity contribution in [1.29, 1.82) is 0 Å². The third-order valence-corrected chi connectivity index (χ3v) is 7.80. The van der Waals surface area contributed by atoms with Crippen molar-refractivity contribution in [3.05, 3.63) is 34.5 Å². The zero-order chi connectivity index (χ0) is 15.3. The van der Waals surface area contributed by atoms with Gasteiger partial charge in [-0.25, -0.2) is 0 Å². The molecule has 0 radical (unpaired) electrons. The van der Waals surface area contributed by atoms with Crippen LogP contribution in [0.2, 0.25) is 0 Å². The lowest BCUT2D eigenvalue weighted by Gasteiger charge is -2.43. The summed E-state index contributed by atoms with van der Waals surface area (Å²) in [6.07, 6.45) is 8.28. The van der Waals surface area contributed by atoms with Crippen molar-refractivity contribution < 1.29 is 4.18 Å². The number of rotatable bonds is 6. The van der Waals surface area contributed by atoms with Gasteiger partial charge in [0, 0.05) is 21.9 Å². The maximum Gasteiger partial charge on any atom is 0.0863 e. The van der Waals surface area contributed by atoms with Crippen molar-refractivity contribution in [1.82, 2.24) is 5.32 Å². The molecule has 0 rings (SSSR count). The second-order valence-electron chi connectivity index (χ2n) is 5.60. The molecule has 0 spiro atoms. The van der Waals surface area contributed by atoms with E-state index in [-0.39, 0.29) is 4.75 Å². The average molecular weight is 350 g/mol. The third kappa shape index (κ3) is 5.36. The molecule has 0 aliphatic carbocycles. The van der Waals surface area contributed by atoms with E-state index in [1.807, 2.05) is 26.1 Å². The highest BCUT2D eigenvalue weighted by molar-refractivity contribution is 9.12. The van der Waals surface area contributed by atoms with Gasteiger partial charge in [0.15, 0.2) is 0 Å². The molecule has 0 aromatic heterocycles. The van der Waals surface area contributed by atoms with E-state index >= 15 is 0 Å². The maximum absolute atomic E-state index is 6.19. The van der Waals surface area contributed by atoms with E-state index in [1.54, 1.807) is 0 Å². The van der Waals surface area contributed by atoms with Crippen molar-refractivity contribution in [3.63, 3.8) is 0 Å². The first-order valence-corrected chi connectivity index (χ1v) is 9.50. The molecule has 0 aromatic rings. The van der Waals surface area contributed by atoms with Crippen molar-refractivity contribution in [3.8, 4) is 0 Å². The summed E-state index contributed by atoms with van der Waals surface area (Å²) in [5.41, 5.74) is 2.10. The van der Waals surface area contributed by atoms with Crippen LogP contribution in [-0.4, -0.2) is 30.9 Å². The van der Waals surface area contributed by atoms with Crippen LogP contribution in [0, 0.1) is 0 Å². The Labute approximate surface area is 129 Å². The van der Waals surface area contributed by atoms with E-state index in [1.165, 1.54) is 0 Å². The highest BCUT2D eigenvalue weighted by Crippen LogP contribution is 2.53. The standard InChI is InChI=1S/C15H28BrNOS/c1-9-12(14(17-6)13(16)10-2)11-18-19(7,8)15(3,4)5/h9-10,17H,1,11H2,2-8H3/b13-10+,14-12-. The molecule has 0 unspecified atom stereocenters. The molecule has 112 valence electrons. The maximum atomic E-state index is 6.19. The first-order chi connectivity index (χ1) is 8.60. The fourth-order valence-corrected chi connectivity index (χ4v) is 2.43. The Kier molecular flexibility index (Phi) is 7.48. The molecule has 0 aliphatic rings. The second-order valence-corrected chi connectivity index (χ2v) is 10.4. The SMILES string of the molecule is C=C/C(COS(C)(C)C(C)(C)C)=C(NC)\C(Br)=C/C. The van der Waals surface area contributed by atoms with Crippen LogP contribution in [0.25, 0.3) is 0 Å². The molecule has 0 aliphatic heterocycles. The van der Waals surface area contributed by atoms with Gasteiger partial charge in [-0.3, -0.25) is 0 Å². The number of hydrogen-bond acceptors (Lipinski definition) is 2. The van der Waals surface area contributed by atoms with Crippen molar-refractivity contribution in [2.45, 2.75) is 32.4 Å². The molecule has 2 nitrogen and oxygen atoms in total. The molecule has 0 aromatic carbocycles. The van der Waals surface area contributed by atoms with E-state index in [2.05, 4.69) is 61.1 Å². The van der Waals surface area contributed by atoms with Gasteiger partial charge in [-0.05, 0) is 35.4 Å². The van der Waals surface area contributed by atoms with E-state index in [0.717, 1.165) is 15.8 Å². The summed E-state index contributed by atoms with van der Waals surface area (Å²) in [4.78, 5) is 0. The molecule has 4 heteroatoms. The smallest absolute Gasteiger partial charge is 0.0863 e. The van der Waals surface area contributed by atoms with Crippen LogP contribution in [-0.2, 0) is 4.18 Å². The van der Waals surface area contributed by atoms with Crippen LogP contribution < -0.4 is 5.32 Å². The van der Waals surface area contributed by atoms with Gasteiger partial charge < -0.3 is 9.50 Å². The third-order valence-electron chi connectivity index (χ3n) is 3.29. The topological polar surface area (TPSA) is 21.3 Å². The number of hydrogen-bond donors (Lipinski definition) is 1. The largest absolute Gasteiger partial charge is 0.387 e. The second kappa shape index (κ2) is 7.55. The van der Waals surface area contributed by atoms with Gasteiger partial charge in [-0.2, -0.15) is 0 Å². The lowest BCUT2D eigenvalue weighted by Crippen LogP contribution is -2.26. The Morgan fingerprint density at radius 1 is 1.37 bits per heavy atom. The Morgan fingerprint density at radius 2 is 1.89 bits per heavy atom. The van der Waals surface area contributed by atoms with Crippen LogP contribution in [0.1, 0.15) is 27.7 Å². The molecule has 0 fully saturated rings. The lowest BCUT2D eigenvalue weighted by molar-refractivity contribution is 0.389. The molecular formula is C15H28BrNOS. The molecule has 1 N–H and O–H groups in total. The summed E-state index contributed by atoms with van der Waals surface area (Å²) in [6.45, 7) is 13.1. The zero-order valence-corrected chi connectivity index (χ0v) is 15.7. The Balaban J connectivity index is 5.14. The van der Waals surface area contributed by atoms with Crippen LogP contribution >= 0.6 is 26.2 Å².